The van der Waals surface area contributed by atoms with E-state index in [4.69, 9.17) is 4.74 Å². The second-order valence-electron chi connectivity index (χ2n) is 7.45. The normalized spacial score (nSPS) is 12.0. The number of nitrogens with zero attached hydrogens (tertiary/aromatic N) is 3. The molecule has 0 radical (unpaired) electrons. The van der Waals surface area contributed by atoms with Crippen LogP contribution >= 0.6 is 11.8 Å². The van der Waals surface area contributed by atoms with Gasteiger partial charge in [-0.3, -0.25) is 4.79 Å². The smallest absolute Gasteiger partial charge is 0.237 e. The highest BCUT2D eigenvalue weighted by Gasteiger charge is 2.21. The fourth-order valence-electron chi connectivity index (χ4n) is 2.77. The van der Waals surface area contributed by atoms with Crippen LogP contribution in [0.15, 0.2) is 65.8 Å². The first kappa shape index (κ1) is 21.9. The summed E-state index contributed by atoms with van der Waals surface area (Å²) in [5.41, 5.74) is 0.785. The van der Waals surface area contributed by atoms with Crippen molar-refractivity contribution in [1.29, 1.82) is 0 Å². The maximum absolute atomic E-state index is 12.6. The number of ether oxygens (including phenoxy) is 1. The summed E-state index contributed by atoms with van der Waals surface area (Å²) in [5.74, 6) is 2.04. The van der Waals surface area contributed by atoms with Crippen molar-refractivity contribution < 1.29 is 9.53 Å². The van der Waals surface area contributed by atoms with Gasteiger partial charge in [-0.15, -0.1) is 10.2 Å². The molecule has 1 unspecified atom stereocenters. The molecule has 1 atom stereocenters. The predicted molar refractivity (Wildman–Crippen MR) is 121 cm³/mol. The zero-order valence-corrected chi connectivity index (χ0v) is 18.4. The highest BCUT2D eigenvalue weighted by molar-refractivity contribution is 8.00. The number of amides is 1. The first-order valence-corrected chi connectivity index (χ1v) is 11.0. The van der Waals surface area contributed by atoms with E-state index in [1.165, 1.54) is 11.8 Å². The number of hydrogen-bond acceptors (Lipinski definition) is 5. The Morgan fingerprint density at radius 2 is 1.70 bits per heavy atom. The summed E-state index contributed by atoms with van der Waals surface area (Å²) < 4.78 is 7.94. The predicted octanol–water partition coefficient (Wildman–Crippen LogP) is 5.02. The minimum Gasteiger partial charge on any atom is -0.486 e. The SMILES string of the molecule is CC(C)CCn1c(COc2ccccc2)nnc1SC(C)C(=O)Nc1ccccc1. The molecule has 1 aromatic heterocycles. The number of carbonyl (C=O) groups excluding carboxylic acids is 1. The minimum absolute atomic E-state index is 0.0632. The number of thioether (sulfide) groups is 1. The van der Waals surface area contributed by atoms with E-state index >= 15 is 0 Å². The Hall–Kier alpha value is -2.80. The molecule has 0 aliphatic rings. The highest BCUT2D eigenvalue weighted by atomic mass is 32.2. The van der Waals surface area contributed by atoms with E-state index in [1.807, 2.05) is 67.6 Å². The van der Waals surface area contributed by atoms with E-state index in [-0.39, 0.29) is 11.2 Å². The van der Waals surface area contributed by atoms with Gasteiger partial charge in [-0.05, 0) is 43.5 Å². The summed E-state index contributed by atoms with van der Waals surface area (Å²) in [7, 11) is 0. The van der Waals surface area contributed by atoms with Crippen LogP contribution in [0, 0.1) is 5.92 Å². The van der Waals surface area contributed by atoms with Crippen LogP contribution in [0.3, 0.4) is 0 Å². The Labute approximate surface area is 182 Å². The molecule has 2 aromatic carbocycles. The van der Waals surface area contributed by atoms with Crippen molar-refractivity contribution in [2.75, 3.05) is 5.32 Å². The molecule has 1 amide bonds. The molecular weight excluding hydrogens is 396 g/mol. The Morgan fingerprint density at radius 1 is 1.03 bits per heavy atom. The molecule has 3 aromatic rings. The van der Waals surface area contributed by atoms with Gasteiger partial charge in [-0.1, -0.05) is 62.0 Å². The maximum atomic E-state index is 12.6. The molecule has 6 nitrogen and oxygen atoms in total. The van der Waals surface area contributed by atoms with Crippen LogP contribution in [0.1, 0.15) is 33.0 Å². The standard InChI is InChI=1S/C23H28N4O2S/c1-17(2)14-15-27-21(16-29-20-12-8-5-9-13-20)25-26-23(27)30-18(3)22(28)24-19-10-6-4-7-11-19/h4-13,17-18H,14-16H2,1-3H3,(H,24,28). The van der Waals surface area contributed by atoms with Crippen molar-refractivity contribution >= 4 is 23.4 Å². The molecule has 0 aliphatic heterocycles. The number of para-hydroxylation sites is 2. The van der Waals surface area contributed by atoms with E-state index in [2.05, 4.69) is 33.9 Å². The van der Waals surface area contributed by atoms with E-state index in [9.17, 15) is 4.79 Å². The zero-order chi connectivity index (χ0) is 21.3. The molecule has 0 saturated heterocycles. The quantitative estimate of drug-likeness (QED) is 0.463. The monoisotopic (exact) mass is 424 g/mol. The van der Waals surface area contributed by atoms with Gasteiger partial charge < -0.3 is 14.6 Å². The second-order valence-corrected chi connectivity index (χ2v) is 8.76. The summed E-state index contributed by atoms with van der Waals surface area (Å²) >= 11 is 1.41. The van der Waals surface area contributed by atoms with E-state index in [0.29, 0.717) is 12.5 Å². The van der Waals surface area contributed by atoms with Gasteiger partial charge in [0.05, 0.1) is 5.25 Å². The number of nitrogens with one attached hydrogen (secondary N) is 1. The number of carbonyl (C=O) groups is 1. The van der Waals surface area contributed by atoms with Crippen LogP contribution in [0.4, 0.5) is 5.69 Å². The molecule has 1 heterocycles. The van der Waals surface area contributed by atoms with Gasteiger partial charge in [-0.25, -0.2) is 0 Å². The number of rotatable bonds is 10. The summed E-state index contributed by atoms with van der Waals surface area (Å²) in [6.45, 7) is 7.37. The van der Waals surface area contributed by atoms with Crippen LogP contribution in [-0.4, -0.2) is 25.9 Å². The number of aromatic nitrogens is 3. The van der Waals surface area contributed by atoms with E-state index in [1.54, 1.807) is 0 Å². The molecule has 0 saturated carbocycles. The fourth-order valence-corrected chi connectivity index (χ4v) is 3.66. The van der Waals surface area contributed by atoms with Crippen molar-refractivity contribution in [3.8, 4) is 5.75 Å². The van der Waals surface area contributed by atoms with Gasteiger partial charge in [0.1, 0.15) is 12.4 Å². The lowest BCUT2D eigenvalue weighted by Gasteiger charge is -2.15. The average molecular weight is 425 g/mol. The number of benzene rings is 2. The van der Waals surface area contributed by atoms with Crippen molar-refractivity contribution in [3.05, 3.63) is 66.5 Å². The number of anilines is 1. The summed E-state index contributed by atoms with van der Waals surface area (Å²) in [6, 6.07) is 19.1. The van der Waals surface area contributed by atoms with Crippen molar-refractivity contribution in [1.82, 2.24) is 14.8 Å². The zero-order valence-electron chi connectivity index (χ0n) is 17.6. The topological polar surface area (TPSA) is 69.0 Å². The Bertz CT molecular complexity index is 929. The van der Waals surface area contributed by atoms with E-state index in [0.717, 1.165) is 35.4 Å². The van der Waals surface area contributed by atoms with Gasteiger partial charge in [-0.2, -0.15) is 0 Å². The molecule has 158 valence electrons. The second kappa shape index (κ2) is 10.8. The van der Waals surface area contributed by atoms with Crippen LogP contribution < -0.4 is 10.1 Å². The van der Waals surface area contributed by atoms with Gasteiger partial charge in [0.2, 0.25) is 5.91 Å². The van der Waals surface area contributed by atoms with Gasteiger partial charge in [0.15, 0.2) is 11.0 Å². The van der Waals surface area contributed by atoms with E-state index < -0.39 is 0 Å². The highest BCUT2D eigenvalue weighted by Crippen LogP contribution is 2.25. The lowest BCUT2D eigenvalue weighted by molar-refractivity contribution is -0.115. The first-order valence-electron chi connectivity index (χ1n) is 10.2. The molecule has 0 bridgehead atoms. The minimum atomic E-state index is -0.310. The van der Waals surface area contributed by atoms with Gasteiger partial charge >= 0.3 is 0 Å². The fraction of sp³-hybridized carbons (Fsp3) is 0.348. The lowest BCUT2D eigenvalue weighted by Crippen LogP contribution is -2.23. The summed E-state index contributed by atoms with van der Waals surface area (Å²) in [5, 5.41) is 12.1. The Balaban J connectivity index is 1.69. The van der Waals surface area contributed by atoms with Crippen LogP contribution in [0.25, 0.3) is 0 Å². The van der Waals surface area contributed by atoms with Crippen LogP contribution in [0.5, 0.6) is 5.75 Å². The Kier molecular flexibility index (Phi) is 7.90. The first-order chi connectivity index (χ1) is 14.5. The third-order valence-corrected chi connectivity index (χ3v) is 5.61. The van der Waals surface area contributed by atoms with Gasteiger partial charge in [0, 0.05) is 12.2 Å². The molecule has 0 spiro atoms. The Morgan fingerprint density at radius 3 is 2.37 bits per heavy atom. The molecular formula is C23H28N4O2S. The summed E-state index contributed by atoms with van der Waals surface area (Å²) in [6.07, 6.45) is 0.995. The largest absolute Gasteiger partial charge is 0.486 e. The molecule has 3 rings (SSSR count). The maximum Gasteiger partial charge on any atom is 0.237 e. The lowest BCUT2D eigenvalue weighted by atomic mass is 10.1. The van der Waals surface area contributed by atoms with Gasteiger partial charge in [0.25, 0.3) is 0 Å². The molecule has 30 heavy (non-hydrogen) atoms. The van der Waals surface area contributed by atoms with Crippen LogP contribution in [-0.2, 0) is 17.9 Å². The molecule has 1 N–H and O–H groups in total. The van der Waals surface area contributed by atoms with Crippen molar-refractivity contribution in [2.24, 2.45) is 5.92 Å². The van der Waals surface area contributed by atoms with Crippen molar-refractivity contribution in [2.45, 2.75) is 50.8 Å². The third kappa shape index (κ3) is 6.35. The summed E-state index contributed by atoms with van der Waals surface area (Å²) in [4.78, 5) is 12.6. The molecule has 7 heteroatoms. The number of hydrogen-bond donors (Lipinski definition) is 1. The van der Waals surface area contributed by atoms with Crippen LogP contribution in [0.2, 0.25) is 0 Å². The molecule has 0 fully saturated rings. The average Bonchev–Trinajstić information content (AvgIpc) is 3.13. The molecule has 0 aliphatic carbocycles. The third-order valence-electron chi connectivity index (χ3n) is 4.53. The van der Waals surface area contributed by atoms with Crippen molar-refractivity contribution in [3.63, 3.8) is 0 Å².